The van der Waals surface area contributed by atoms with E-state index in [1.165, 1.54) is 5.56 Å². The van der Waals surface area contributed by atoms with Crippen molar-refractivity contribution in [1.82, 2.24) is 5.32 Å². The second-order valence-electron chi connectivity index (χ2n) is 7.04. The number of anilines is 2. The van der Waals surface area contributed by atoms with E-state index >= 15 is 0 Å². The molecule has 0 radical (unpaired) electrons. The normalized spacial score (nSPS) is 11.6. The number of hydrogen-bond donors (Lipinski definition) is 3. The highest BCUT2D eigenvalue weighted by Crippen LogP contribution is 2.21. The summed E-state index contributed by atoms with van der Waals surface area (Å²) in [7, 11) is 0. The summed E-state index contributed by atoms with van der Waals surface area (Å²) in [6.07, 6.45) is 0.882. The zero-order valence-electron chi connectivity index (χ0n) is 16.8. The summed E-state index contributed by atoms with van der Waals surface area (Å²) in [5, 5.41) is 8.98. The molecule has 5 heteroatoms. The lowest BCUT2D eigenvalue weighted by Crippen LogP contribution is -2.31. The maximum absolute atomic E-state index is 12.2. The van der Waals surface area contributed by atoms with E-state index in [2.05, 4.69) is 35.0 Å². The number of carbonyl (C=O) groups is 2. The highest BCUT2D eigenvalue weighted by Gasteiger charge is 2.10. The van der Waals surface area contributed by atoms with Crippen molar-refractivity contribution in [2.24, 2.45) is 0 Å². The zero-order valence-corrected chi connectivity index (χ0v) is 16.8. The SMILES string of the molecule is CCC(C)NC(=O)c1ccc(NC(=O)CNc2c(C)cc(C)cc2C)cc1. The lowest BCUT2D eigenvalue weighted by Gasteiger charge is -2.14. The van der Waals surface area contributed by atoms with Gasteiger partial charge in [0.2, 0.25) is 5.91 Å². The Hall–Kier alpha value is -2.82. The monoisotopic (exact) mass is 367 g/mol. The third-order valence-electron chi connectivity index (χ3n) is 4.52. The second-order valence-corrected chi connectivity index (χ2v) is 7.04. The first-order valence-electron chi connectivity index (χ1n) is 9.32. The van der Waals surface area contributed by atoms with E-state index in [0.29, 0.717) is 11.3 Å². The van der Waals surface area contributed by atoms with E-state index < -0.39 is 0 Å². The molecule has 0 bridgehead atoms. The number of amides is 2. The number of carbonyl (C=O) groups excluding carboxylic acids is 2. The zero-order chi connectivity index (χ0) is 20.0. The molecule has 0 aromatic heterocycles. The number of nitrogens with one attached hydrogen (secondary N) is 3. The molecule has 0 fully saturated rings. The predicted molar refractivity (Wildman–Crippen MR) is 111 cm³/mol. The van der Waals surface area contributed by atoms with Crippen molar-refractivity contribution in [3.8, 4) is 0 Å². The van der Waals surface area contributed by atoms with Crippen LogP contribution < -0.4 is 16.0 Å². The molecule has 0 aliphatic rings. The molecule has 144 valence electrons. The van der Waals surface area contributed by atoms with E-state index in [1.807, 2.05) is 27.7 Å². The van der Waals surface area contributed by atoms with Gasteiger partial charge in [0.05, 0.1) is 6.54 Å². The quantitative estimate of drug-likeness (QED) is 0.687. The summed E-state index contributed by atoms with van der Waals surface area (Å²) >= 11 is 0. The van der Waals surface area contributed by atoms with Crippen LogP contribution in [-0.4, -0.2) is 24.4 Å². The molecule has 1 atom stereocenters. The number of hydrogen-bond acceptors (Lipinski definition) is 3. The van der Waals surface area contributed by atoms with E-state index in [9.17, 15) is 9.59 Å². The van der Waals surface area contributed by atoms with Crippen LogP contribution in [0.3, 0.4) is 0 Å². The minimum absolute atomic E-state index is 0.103. The van der Waals surface area contributed by atoms with Crippen molar-refractivity contribution in [3.63, 3.8) is 0 Å². The van der Waals surface area contributed by atoms with Crippen LogP contribution in [0.15, 0.2) is 36.4 Å². The van der Waals surface area contributed by atoms with Crippen LogP contribution in [0.1, 0.15) is 47.3 Å². The van der Waals surface area contributed by atoms with Crippen molar-refractivity contribution >= 4 is 23.2 Å². The van der Waals surface area contributed by atoms with Crippen LogP contribution in [0.2, 0.25) is 0 Å². The molecular weight excluding hydrogens is 338 g/mol. The van der Waals surface area contributed by atoms with Gasteiger partial charge in [-0.15, -0.1) is 0 Å². The largest absolute Gasteiger partial charge is 0.376 e. The molecule has 2 rings (SSSR count). The Morgan fingerprint density at radius 3 is 2.15 bits per heavy atom. The molecule has 1 unspecified atom stereocenters. The average Bonchev–Trinajstić information content (AvgIpc) is 2.61. The molecule has 0 aliphatic heterocycles. The van der Waals surface area contributed by atoms with Gasteiger partial charge in [0, 0.05) is 23.0 Å². The topological polar surface area (TPSA) is 70.2 Å². The molecule has 2 amide bonds. The van der Waals surface area contributed by atoms with Gasteiger partial charge in [0.15, 0.2) is 0 Å². The van der Waals surface area contributed by atoms with E-state index in [0.717, 1.165) is 23.2 Å². The van der Waals surface area contributed by atoms with E-state index in [-0.39, 0.29) is 24.4 Å². The molecule has 27 heavy (non-hydrogen) atoms. The van der Waals surface area contributed by atoms with Gasteiger partial charge in [0.25, 0.3) is 5.91 Å². The van der Waals surface area contributed by atoms with Crippen LogP contribution >= 0.6 is 0 Å². The molecule has 0 aliphatic carbocycles. The number of benzene rings is 2. The third kappa shape index (κ3) is 5.84. The number of rotatable bonds is 7. The molecule has 0 saturated carbocycles. The Bertz CT molecular complexity index is 790. The maximum atomic E-state index is 12.2. The van der Waals surface area contributed by atoms with Crippen LogP contribution in [0, 0.1) is 20.8 Å². The lowest BCUT2D eigenvalue weighted by atomic mass is 10.1. The fourth-order valence-electron chi connectivity index (χ4n) is 2.95. The summed E-state index contributed by atoms with van der Waals surface area (Å²) in [6, 6.07) is 11.2. The second kappa shape index (κ2) is 9.21. The van der Waals surface area contributed by atoms with Gasteiger partial charge >= 0.3 is 0 Å². The van der Waals surface area contributed by atoms with Gasteiger partial charge in [-0.3, -0.25) is 9.59 Å². The first kappa shape index (κ1) is 20.5. The van der Waals surface area contributed by atoms with Gasteiger partial charge < -0.3 is 16.0 Å². The van der Waals surface area contributed by atoms with Crippen LogP contribution in [-0.2, 0) is 4.79 Å². The number of aryl methyl sites for hydroxylation is 3. The summed E-state index contributed by atoms with van der Waals surface area (Å²) in [5.74, 6) is -0.236. The van der Waals surface area contributed by atoms with Crippen molar-refractivity contribution in [3.05, 3.63) is 58.7 Å². The average molecular weight is 367 g/mol. The molecule has 0 spiro atoms. The summed E-state index contributed by atoms with van der Waals surface area (Å²) in [5.41, 5.74) is 5.69. The van der Waals surface area contributed by atoms with Crippen molar-refractivity contribution in [2.75, 3.05) is 17.2 Å². The minimum Gasteiger partial charge on any atom is -0.376 e. The third-order valence-corrected chi connectivity index (χ3v) is 4.52. The molecule has 5 nitrogen and oxygen atoms in total. The maximum Gasteiger partial charge on any atom is 0.251 e. The van der Waals surface area contributed by atoms with Crippen molar-refractivity contribution in [1.29, 1.82) is 0 Å². The van der Waals surface area contributed by atoms with Crippen LogP contribution in [0.5, 0.6) is 0 Å². The van der Waals surface area contributed by atoms with Crippen molar-refractivity contribution in [2.45, 2.75) is 47.1 Å². The molecule has 0 heterocycles. The smallest absolute Gasteiger partial charge is 0.251 e. The van der Waals surface area contributed by atoms with E-state index in [1.54, 1.807) is 24.3 Å². The standard InChI is InChI=1S/C22H29N3O2/c1-6-17(5)24-22(27)18-7-9-19(10-8-18)25-20(26)13-23-21-15(3)11-14(2)12-16(21)4/h7-12,17,23H,6,13H2,1-5H3,(H,24,27)(H,25,26). The van der Waals surface area contributed by atoms with Crippen LogP contribution in [0.25, 0.3) is 0 Å². The van der Waals surface area contributed by atoms with Gasteiger partial charge in [0.1, 0.15) is 0 Å². The van der Waals surface area contributed by atoms with Crippen LogP contribution in [0.4, 0.5) is 11.4 Å². The molecule has 0 saturated heterocycles. The van der Waals surface area contributed by atoms with E-state index in [4.69, 9.17) is 0 Å². The summed E-state index contributed by atoms with van der Waals surface area (Å²) < 4.78 is 0. The van der Waals surface area contributed by atoms with Gasteiger partial charge in [-0.05, 0) is 69.5 Å². The first-order chi connectivity index (χ1) is 12.8. The van der Waals surface area contributed by atoms with Gasteiger partial charge in [-0.2, -0.15) is 0 Å². The summed E-state index contributed by atoms with van der Waals surface area (Å²) in [4.78, 5) is 24.3. The highest BCUT2D eigenvalue weighted by molar-refractivity contribution is 5.96. The fourth-order valence-corrected chi connectivity index (χ4v) is 2.95. The molecule has 3 N–H and O–H groups in total. The van der Waals surface area contributed by atoms with Gasteiger partial charge in [-0.1, -0.05) is 24.6 Å². The first-order valence-corrected chi connectivity index (χ1v) is 9.32. The Labute approximate surface area is 161 Å². The Morgan fingerprint density at radius 2 is 1.59 bits per heavy atom. The minimum atomic E-state index is -0.133. The molecule has 2 aromatic carbocycles. The Kier molecular flexibility index (Phi) is 6.99. The Balaban J connectivity index is 1.92. The predicted octanol–water partition coefficient (Wildman–Crippen LogP) is 4.19. The summed E-state index contributed by atoms with van der Waals surface area (Å²) in [6.45, 7) is 10.3. The fraction of sp³-hybridized carbons (Fsp3) is 0.364. The molecular formula is C22H29N3O2. The Morgan fingerprint density at radius 1 is 1.00 bits per heavy atom. The van der Waals surface area contributed by atoms with Crippen molar-refractivity contribution < 1.29 is 9.59 Å². The molecule has 2 aromatic rings. The lowest BCUT2D eigenvalue weighted by molar-refractivity contribution is -0.114. The highest BCUT2D eigenvalue weighted by atomic mass is 16.2. The van der Waals surface area contributed by atoms with Gasteiger partial charge in [-0.25, -0.2) is 0 Å².